The zero-order valence-electron chi connectivity index (χ0n) is 10.9. The lowest BCUT2D eigenvalue weighted by molar-refractivity contribution is 0.287. The van der Waals surface area contributed by atoms with E-state index in [1.54, 1.807) is 0 Å². The molecule has 2 unspecified atom stereocenters. The van der Waals surface area contributed by atoms with Crippen LogP contribution in [0.2, 0.25) is 5.02 Å². The molecule has 0 radical (unpaired) electrons. The van der Waals surface area contributed by atoms with Crippen LogP contribution >= 0.6 is 11.6 Å². The van der Waals surface area contributed by atoms with Crippen molar-refractivity contribution in [3.63, 3.8) is 0 Å². The minimum absolute atomic E-state index is 0.252. The molecule has 1 fully saturated rings. The highest BCUT2D eigenvalue weighted by Gasteiger charge is 2.22. The van der Waals surface area contributed by atoms with Gasteiger partial charge in [-0.3, -0.25) is 0 Å². The Morgan fingerprint density at radius 2 is 2.22 bits per heavy atom. The molecule has 1 nitrogen and oxygen atoms in total. The smallest absolute Gasteiger partial charge is 0.124 e. The van der Waals surface area contributed by atoms with E-state index in [0.717, 1.165) is 18.5 Å². The maximum absolute atomic E-state index is 13.0. The van der Waals surface area contributed by atoms with Crippen molar-refractivity contribution in [2.24, 2.45) is 5.92 Å². The number of benzene rings is 1. The summed E-state index contributed by atoms with van der Waals surface area (Å²) < 4.78 is 13.0. The van der Waals surface area contributed by atoms with Gasteiger partial charge in [0.25, 0.3) is 0 Å². The van der Waals surface area contributed by atoms with Gasteiger partial charge in [0.15, 0.2) is 0 Å². The van der Waals surface area contributed by atoms with Gasteiger partial charge in [-0.15, -0.1) is 0 Å². The van der Waals surface area contributed by atoms with Crippen LogP contribution in [0, 0.1) is 11.7 Å². The van der Waals surface area contributed by atoms with Crippen molar-refractivity contribution in [1.82, 2.24) is 5.32 Å². The quantitative estimate of drug-likeness (QED) is 0.864. The zero-order chi connectivity index (χ0) is 13.0. The molecule has 0 amide bonds. The highest BCUT2D eigenvalue weighted by atomic mass is 35.5. The van der Waals surface area contributed by atoms with Gasteiger partial charge in [0.2, 0.25) is 0 Å². The third-order valence-electron chi connectivity index (χ3n) is 3.80. The van der Waals surface area contributed by atoms with Crippen LogP contribution in [-0.4, -0.2) is 12.6 Å². The number of halogens is 2. The SMILES string of the molecule is CCNC1CCCC(Cc2ccc(F)cc2Cl)C1. The molecular formula is C15H21ClFN. The molecule has 1 aliphatic rings. The molecule has 1 saturated carbocycles. The molecule has 2 atom stereocenters. The van der Waals surface area contributed by atoms with E-state index >= 15 is 0 Å². The number of hydrogen-bond donors (Lipinski definition) is 1. The van der Waals surface area contributed by atoms with E-state index in [1.807, 2.05) is 6.07 Å². The van der Waals surface area contributed by atoms with Gasteiger partial charge in [-0.05, 0) is 49.4 Å². The van der Waals surface area contributed by atoms with E-state index < -0.39 is 0 Å². The van der Waals surface area contributed by atoms with E-state index in [4.69, 9.17) is 11.6 Å². The number of nitrogens with one attached hydrogen (secondary N) is 1. The molecule has 1 aromatic rings. The van der Waals surface area contributed by atoms with Crippen molar-refractivity contribution in [3.8, 4) is 0 Å². The van der Waals surface area contributed by atoms with Crippen LogP contribution in [0.25, 0.3) is 0 Å². The predicted molar refractivity (Wildman–Crippen MR) is 74.5 cm³/mol. The summed E-state index contributed by atoms with van der Waals surface area (Å²) in [5.74, 6) is 0.420. The average Bonchev–Trinajstić information content (AvgIpc) is 2.34. The Kier molecular flexibility index (Phi) is 5.02. The maximum Gasteiger partial charge on any atom is 0.124 e. The van der Waals surface area contributed by atoms with Gasteiger partial charge in [0.05, 0.1) is 0 Å². The summed E-state index contributed by atoms with van der Waals surface area (Å²) in [4.78, 5) is 0. The first-order valence-electron chi connectivity index (χ1n) is 6.86. The van der Waals surface area contributed by atoms with Gasteiger partial charge >= 0.3 is 0 Å². The minimum atomic E-state index is -0.252. The monoisotopic (exact) mass is 269 g/mol. The first kappa shape index (κ1) is 13.8. The van der Waals surface area contributed by atoms with E-state index in [0.29, 0.717) is 17.0 Å². The van der Waals surface area contributed by atoms with Crippen LogP contribution in [0.1, 0.15) is 38.2 Å². The van der Waals surface area contributed by atoms with Gasteiger partial charge < -0.3 is 5.32 Å². The Morgan fingerprint density at radius 1 is 1.39 bits per heavy atom. The second kappa shape index (κ2) is 6.53. The van der Waals surface area contributed by atoms with Gasteiger partial charge in [-0.2, -0.15) is 0 Å². The number of hydrogen-bond acceptors (Lipinski definition) is 1. The van der Waals surface area contributed by atoms with Crippen molar-refractivity contribution in [3.05, 3.63) is 34.6 Å². The van der Waals surface area contributed by atoms with Crippen LogP contribution in [0.4, 0.5) is 4.39 Å². The maximum atomic E-state index is 13.0. The van der Waals surface area contributed by atoms with Crippen molar-refractivity contribution < 1.29 is 4.39 Å². The fourth-order valence-electron chi connectivity index (χ4n) is 2.95. The molecule has 0 aliphatic heterocycles. The predicted octanol–water partition coefficient (Wildman–Crippen LogP) is 4.19. The molecule has 1 N–H and O–H groups in total. The fourth-order valence-corrected chi connectivity index (χ4v) is 3.19. The molecule has 2 rings (SSSR count). The summed E-state index contributed by atoms with van der Waals surface area (Å²) in [5.41, 5.74) is 1.08. The molecule has 0 bridgehead atoms. The van der Waals surface area contributed by atoms with Crippen LogP contribution in [-0.2, 0) is 6.42 Å². The Labute approximate surface area is 114 Å². The molecule has 1 aliphatic carbocycles. The molecule has 0 spiro atoms. The molecular weight excluding hydrogens is 249 g/mol. The first-order valence-corrected chi connectivity index (χ1v) is 7.24. The Balaban J connectivity index is 1.96. The first-order chi connectivity index (χ1) is 8.69. The van der Waals surface area contributed by atoms with Gasteiger partial charge in [0, 0.05) is 11.1 Å². The van der Waals surface area contributed by atoms with Crippen molar-refractivity contribution in [2.45, 2.75) is 45.1 Å². The summed E-state index contributed by atoms with van der Waals surface area (Å²) >= 11 is 6.09. The van der Waals surface area contributed by atoms with Crippen molar-refractivity contribution >= 4 is 11.6 Å². The standard InChI is InChI=1S/C15H21ClFN/c1-2-18-14-5-3-4-11(9-14)8-12-6-7-13(17)10-15(12)16/h6-7,10-11,14,18H,2-5,8-9H2,1H3. The number of rotatable bonds is 4. The summed E-state index contributed by atoms with van der Waals surface area (Å²) in [6.07, 6.45) is 6.00. The largest absolute Gasteiger partial charge is 0.314 e. The Morgan fingerprint density at radius 3 is 2.94 bits per heavy atom. The third kappa shape index (κ3) is 3.69. The van der Waals surface area contributed by atoms with E-state index in [1.165, 1.54) is 37.8 Å². The summed E-state index contributed by atoms with van der Waals surface area (Å²) in [6.45, 7) is 3.19. The van der Waals surface area contributed by atoms with Crippen molar-refractivity contribution in [2.75, 3.05) is 6.54 Å². The molecule has 1 aromatic carbocycles. The molecule has 3 heteroatoms. The van der Waals surface area contributed by atoms with E-state index in [9.17, 15) is 4.39 Å². The third-order valence-corrected chi connectivity index (χ3v) is 4.15. The summed E-state index contributed by atoms with van der Waals surface area (Å²) in [5, 5.41) is 4.10. The second-order valence-corrected chi connectivity index (χ2v) is 5.63. The molecule has 100 valence electrons. The lowest BCUT2D eigenvalue weighted by atomic mass is 9.82. The summed E-state index contributed by atoms with van der Waals surface area (Å²) in [7, 11) is 0. The fraction of sp³-hybridized carbons (Fsp3) is 0.600. The van der Waals surface area contributed by atoms with Crippen LogP contribution in [0.15, 0.2) is 18.2 Å². The van der Waals surface area contributed by atoms with E-state index in [2.05, 4.69) is 12.2 Å². The second-order valence-electron chi connectivity index (χ2n) is 5.23. The van der Waals surface area contributed by atoms with Crippen LogP contribution in [0.5, 0.6) is 0 Å². The lowest BCUT2D eigenvalue weighted by Crippen LogP contribution is -2.34. The Bertz CT molecular complexity index is 392. The summed E-state index contributed by atoms with van der Waals surface area (Å²) in [6, 6.07) is 5.40. The van der Waals surface area contributed by atoms with Crippen molar-refractivity contribution in [1.29, 1.82) is 0 Å². The molecule has 0 heterocycles. The highest BCUT2D eigenvalue weighted by molar-refractivity contribution is 6.31. The lowest BCUT2D eigenvalue weighted by Gasteiger charge is -2.30. The molecule has 0 saturated heterocycles. The van der Waals surface area contributed by atoms with Crippen LogP contribution < -0.4 is 5.32 Å². The average molecular weight is 270 g/mol. The topological polar surface area (TPSA) is 12.0 Å². The highest BCUT2D eigenvalue weighted by Crippen LogP contribution is 2.29. The van der Waals surface area contributed by atoms with Gasteiger partial charge in [-0.25, -0.2) is 4.39 Å². The van der Waals surface area contributed by atoms with E-state index in [-0.39, 0.29) is 5.82 Å². The molecule has 0 aromatic heterocycles. The van der Waals surface area contributed by atoms with Gasteiger partial charge in [-0.1, -0.05) is 37.4 Å². The minimum Gasteiger partial charge on any atom is -0.314 e. The van der Waals surface area contributed by atoms with Crippen LogP contribution in [0.3, 0.4) is 0 Å². The van der Waals surface area contributed by atoms with Gasteiger partial charge in [0.1, 0.15) is 5.82 Å². The zero-order valence-corrected chi connectivity index (χ0v) is 11.6. The Hall–Kier alpha value is -0.600. The molecule has 18 heavy (non-hydrogen) atoms. The normalized spacial score (nSPS) is 24.2.